The number of alkyl halides is 3. The largest absolute Gasteiger partial charge is 0.417 e. The molecule has 0 spiro atoms. The predicted octanol–water partition coefficient (Wildman–Crippen LogP) is 5.20. The molecule has 0 unspecified atom stereocenters. The zero-order chi connectivity index (χ0) is 19.0. The van der Waals surface area contributed by atoms with Gasteiger partial charge in [-0.3, -0.25) is 4.79 Å². The molecular weight excluding hydrogens is 353 g/mol. The van der Waals surface area contributed by atoms with E-state index in [0.29, 0.717) is 10.8 Å². The lowest BCUT2D eigenvalue weighted by Gasteiger charge is -2.29. The van der Waals surface area contributed by atoms with Crippen molar-refractivity contribution in [1.29, 1.82) is 0 Å². The first kappa shape index (κ1) is 17.6. The lowest BCUT2D eigenvalue weighted by atomic mass is 10.0. The van der Waals surface area contributed by atoms with Gasteiger partial charge in [-0.15, -0.1) is 0 Å². The summed E-state index contributed by atoms with van der Waals surface area (Å²) in [7, 11) is 0. The van der Waals surface area contributed by atoms with E-state index < -0.39 is 11.7 Å². The first-order valence-electron chi connectivity index (χ1n) is 9.02. The summed E-state index contributed by atoms with van der Waals surface area (Å²) in [6.07, 6.45) is -1.03. The van der Waals surface area contributed by atoms with E-state index in [9.17, 15) is 18.0 Å². The SMILES string of the molecule is O=c1[nH]c(-c2ccccc2C(F)(F)F)cc2cc(N3CCCCC3)ccc12. The Hall–Kier alpha value is -2.76. The molecule has 3 nitrogen and oxygen atoms in total. The fraction of sp³-hybridized carbons (Fsp3) is 0.286. The normalized spacial score (nSPS) is 15.3. The average Bonchev–Trinajstić information content (AvgIpc) is 2.67. The summed E-state index contributed by atoms with van der Waals surface area (Å²) < 4.78 is 40.1. The van der Waals surface area contributed by atoms with Gasteiger partial charge in [-0.1, -0.05) is 18.2 Å². The average molecular weight is 372 g/mol. The van der Waals surface area contributed by atoms with E-state index in [1.54, 1.807) is 12.1 Å². The van der Waals surface area contributed by atoms with E-state index in [1.165, 1.54) is 24.6 Å². The summed E-state index contributed by atoms with van der Waals surface area (Å²) in [5.41, 5.74) is 0.0170. The monoisotopic (exact) mass is 372 g/mol. The van der Waals surface area contributed by atoms with E-state index >= 15 is 0 Å². The smallest absolute Gasteiger partial charge is 0.372 e. The highest BCUT2D eigenvalue weighted by Crippen LogP contribution is 2.36. The molecule has 2 heterocycles. The molecule has 140 valence electrons. The van der Waals surface area contributed by atoms with Crippen LogP contribution in [-0.4, -0.2) is 18.1 Å². The Morgan fingerprint density at radius 1 is 0.926 bits per heavy atom. The molecule has 2 aromatic carbocycles. The molecule has 27 heavy (non-hydrogen) atoms. The van der Waals surface area contributed by atoms with Crippen molar-refractivity contribution in [2.24, 2.45) is 0 Å². The molecule has 0 saturated carbocycles. The van der Waals surface area contributed by atoms with E-state index in [2.05, 4.69) is 9.88 Å². The molecule has 0 aliphatic carbocycles. The predicted molar refractivity (Wildman–Crippen MR) is 101 cm³/mol. The van der Waals surface area contributed by atoms with Gasteiger partial charge in [0, 0.05) is 35.4 Å². The van der Waals surface area contributed by atoms with Gasteiger partial charge in [0.15, 0.2) is 0 Å². The zero-order valence-electron chi connectivity index (χ0n) is 14.6. The maximum atomic E-state index is 13.4. The van der Waals surface area contributed by atoms with Gasteiger partial charge in [0.25, 0.3) is 5.56 Å². The number of pyridine rings is 1. The number of halogens is 3. The molecule has 6 heteroatoms. The van der Waals surface area contributed by atoms with Crippen molar-refractivity contribution in [3.63, 3.8) is 0 Å². The number of rotatable bonds is 2. The number of piperidine rings is 1. The fourth-order valence-corrected chi connectivity index (χ4v) is 3.72. The standard InChI is InChI=1S/C21H19F3N2O/c22-21(23,24)18-7-3-2-6-17(18)19-13-14-12-15(26-10-4-1-5-11-26)8-9-16(14)20(27)25-19/h2-3,6-9,12-13H,1,4-5,10-11H2,(H,25,27). The molecule has 1 fully saturated rings. The van der Waals surface area contributed by atoms with E-state index in [4.69, 9.17) is 0 Å². The van der Waals surface area contributed by atoms with Crippen molar-refractivity contribution in [3.8, 4) is 11.3 Å². The van der Waals surface area contributed by atoms with E-state index in [0.717, 1.165) is 37.7 Å². The van der Waals surface area contributed by atoms with Gasteiger partial charge in [-0.25, -0.2) is 0 Å². The third kappa shape index (κ3) is 3.44. The van der Waals surface area contributed by atoms with Crippen LogP contribution in [0.1, 0.15) is 24.8 Å². The number of hydrogen-bond acceptors (Lipinski definition) is 2. The minimum absolute atomic E-state index is 0.0209. The molecular formula is C21H19F3N2O. The molecule has 3 aromatic rings. The number of hydrogen-bond donors (Lipinski definition) is 1. The number of aromatic nitrogens is 1. The molecule has 0 radical (unpaired) electrons. The van der Waals surface area contributed by atoms with Gasteiger partial charge < -0.3 is 9.88 Å². The van der Waals surface area contributed by atoms with Crippen LogP contribution >= 0.6 is 0 Å². The molecule has 1 saturated heterocycles. The number of fused-ring (bicyclic) bond motifs is 1. The maximum absolute atomic E-state index is 13.4. The number of H-pyrrole nitrogens is 1. The third-order valence-electron chi connectivity index (χ3n) is 5.07. The van der Waals surface area contributed by atoms with Crippen molar-refractivity contribution in [1.82, 2.24) is 4.98 Å². The number of aromatic amines is 1. The molecule has 1 aromatic heterocycles. The van der Waals surface area contributed by atoms with E-state index in [1.807, 2.05) is 12.1 Å². The third-order valence-corrected chi connectivity index (χ3v) is 5.07. The molecule has 0 atom stereocenters. The summed E-state index contributed by atoms with van der Waals surface area (Å²) >= 11 is 0. The van der Waals surface area contributed by atoms with Crippen LogP contribution in [0, 0.1) is 0 Å². The van der Waals surface area contributed by atoms with Gasteiger partial charge in [0.05, 0.1) is 5.56 Å². The Bertz CT molecular complexity index is 1030. The van der Waals surface area contributed by atoms with Gasteiger partial charge >= 0.3 is 6.18 Å². The van der Waals surface area contributed by atoms with Crippen molar-refractivity contribution in [3.05, 3.63) is 64.4 Å². The van der Waals surface area contributed by atoms with Crippen LogP contribution in [0.25, 0.3) is 22.0 Å². The Labute approximate surface area is 154 Å². The second kappa shape index (κ2) is 6.76. The Balaban J connectivity index is 1.85. The fourth-order valence-electron chi connectivity index (χ4n) is 3.72. The summed E-state index contributed by atoms with van der Waals surface area (Å²) in [5.74, 6) is 0. The Kier molecular flexibility index (Phi) is 4.42. The highest BCUT2D eigenvalue weighted by atomic mass is 19.4. The van der Waals surface area contributed by atoms with Gasteiger partial charge in [0.1, 0.15) is 0 Å². The quantitative estimate of drug-likeness (QED) is 0.671. The molecule has 4 rings (SSSR count). The van der Waals surface area contributed by atoms with Crippen LogP contribution in [0.5, 0.6) is 0 Å². The summed E-state index contributed by atoms with van der Waals surface area (Å²) in [6, 6.07) is 12.5. The zero-order valence-corrected chi connectivity index (χ0v) is 14.6. The molecule has 1 aliphatic heterocycles. The highest BCUT2D eigenvalue weighted by Gasteiger charge is 2.33. The van der Waals surface area contributed by atoms with Gasteiger partial charge in [0.2, 0.25) is 0 Å². The Morgan fingerprint density at radius 2 is 1.67 bits per heavy atom. The van der Waals surface area contributed by atoms with Crippen molar-refractivity contribution in [2.45, 2.75) is 25.4 Å². The van der Waals surface area contributed by atoms with Crippen molar-refractivity contribution >= 4 is 16.5 Å². The van der Waals surface area contributed by atoms with Crippen molar-refractivity contribution in [2.75, 3.05) is 18.0 Å². The van der Waals surface area contributed by atoms with Crippen LogP contribution < -0.4 is 10.5 Å². The number of benzene rings is 2. The number of nitrogens with one attached hydrogen (secondary N) is 1. The molecule has 0 amide bonds. The first-order chi connectivity index (χ1) is 12.9. The lowest BCUT2D eigenvalue weighted by Crippen LogP contribution is -2.29. The van der Waals surface area contributed by atoms with Crippen LogP contribution in [-0.2, 0) is 6.18 Å². The maximum Gasteiger partial charge on any atom is 0.417 e. The number of nitrogens with zero attached hydrogens (tertiary/aromatic N) is 1. The van der Waals surface area contributed by atoms with Gasteiger partial charge in [-0.2, -0.15) is 13.2 Å². The summed E-state index contributed by atoms with van der Waals surface area (Å²) in [6.45, 7) is 1.91. The minimum Gasteiger partial charge on any atom is -0.372 e. The van der Waals surface area contributed by atoms with Crippen LogP contribution in [0.4, 0.5) is 18.9 Å². The first-order valence-corrected chi connectivity index (χ1v) is 9.02. The van der Waals surface area contributed by atoms with E-state index in [-0.39, 0.29) is 16.8 Å². The summed E-state index contributed by atoms with van der Waals surface area (Å²) in [5, 5.41) is 1.12. The number of anilines is 1. The second-order valence-electron chi connectivity index (χ2n) is 6.87. The van der Waals surface area contributed by atoms with Gasteiger partial charge in [-0.05, 0) is 55.0 Å². The highest BCUT2D eigenvalue weighted by molar-refractivity contribution is 5.88. The minimum atomic E-state index is -4.49. The molecule has 0 bridgehead atoms. The van der Waals surface area contributed by atoms with Crippen LogP contribution in [0.2, 0.25) is 0 Å². The molecule has 1 N–H and O–H groups in total. The molecule has 1 aliphatic rings. The lowest BCUT2D eigenvalue weighted by molar-refractivity contribution is -0.137. The Morgan fingerprint density at radius 3 is 2.41 bits per heavy atom. The second-order valence-corrected chi connectivity index (χ2v) is 6.87. The van der Waals surface area contributed by atoms with Crippen LogP contribution in [0.15, 0.2) is 53.3 Å². The summed E-state index contributed by atoms with van der Waals surface area (Å²) in [4.78, 5) is 17.3. The van der Waals surface area contributed by atoms with Crippen LogP contribution in [0.3, 0.4) is 0 Å². The van der Waals surface area contributed by atoms with Crippen molar-refractivity contribution < 1.29 is 13.2 Å². The topological polar surface area (TPSA) is 36.1 Å².